The second-order valence-corrected chi connectivity index (χ2v) is 7.43. The maximum Gasteiger partial charge on any atom is 0.216 e. The van der Waals surface area contributed by atoms with Crippen LogP contribution in [-0.2, 0) is 0 Å². The van der Waals surface area contributed by atoms with Crippen molar-refractivity contribution in [2.75, 3.05) is 0 Å². The smallest absolute Gasteiger partial charge is 0.216 e. The van der Waals surface area contributed by atoms with Crippen molar-refractivity contribution < 1.29 is 4.11 Å². The minimum absolute atomic E-state index is 0.915. The van der Waals surface area contributed by atoms with Gasteiger partial charge in [0.05, 0.1) is 0 Å². The number of hydrogen-bond donors (Lipinski definition) is 0. The van der Waals surface area contributed by atoms with Gasteiger partial charge < -0.3 is 4.11 Å². The average Bonchev–Trinajstić information content (AvgIpc) is 2.47. The molecule has 0 aromatic carbocycles. The molecule has 0 spiro atoms. The minimum Gasteiger partial charge on any atom is -0.323 e. The highest BCUT2D eigenvalue weighted by atomic mass is 28.3. The second kappa shape index (κ2) is 19.1. The van der Waals surface area contributed by atoms with E-state index in [-0.39, 0.29) is 0 Å². The van der Waals surface area contributed by atoms with Gasteiger partial charge in [-0.25, -0.2) is 0 Å². The molecule has 0 rings (SSSR count). The van der Waals surface area contributed by atoms with Gasteiger partial charge in [-0.2, -0.15) is 0 Å². The highest BCUT2D eigenvalue weighted by Gasteiger charge is 1.94. The van der Waals surface area contributed by atoms with Crippen LogP contribution in [0.3, 0.4) is 0 Å². The van der Waals surface area contributed by atoms with E-state index in [2.05, 4.69) is 6.92 Å². The molecule has 0 nitrogen and oxygen atoms in total. The van der Waals surface area contributed by atoms with E-state index in [0.717, 1.165) is 12.5 Å². The van der Waals surface area contributed by atoms with Crippen molar-refractivity contribution in [3.05, 3.63) is 0 Å². The van der Waals surface area contributed by atoms with Crippen molar-refractivity contribution >= 4 is 9.85 Å². The van der Waals surface area contributed by atoms with E-state index in [1.165, 1.54) is 96.3 Å². The summed E-state index contributed by atoms with van der Waals surface area (Å²) in [5, 5.41) is 0. The summed E-state index contributed by atoms with van der Waals surface area (Å²) in [7, 11) is -1.15. The van der Waals surface area contributed by atoms with Gasteiger partial charge in [0.15, 0.2) is 0 Å². The lowest BCUT2D eigenvalue weighted by atomic mass is 10.0. The average molecular weight is 303 g/mol. The number of hydrogen-bond acceptors (Lipinski definition) is 0. The van der Waals surface area contributed by atoms with Gasteiger partial charge >= 0.3 is 0 Å². The molecule has 0 N–H and O–H groups in total. The van der Waals surface area contributed by atoms with Gasteiger partial charge in [0.1, 0.15) is 0 Å². The van der Waals surface area contributed by atoms with Crippen molar-refractivity contribution in [1.82, 2.24) is 0 Å². The Bertz CT molecular complexity index is 143. The molecule has 0 aromatic rings. The molecule has 0 bridgehead atoms. The maximum absolute atomic E-state index is 12.0. The Balaban J connectivity index is 2.89. The van der Waals surface area contributed by atoms with Crippen LogP contribution < -0.4 is 0 Å². The van der Waals surface area contributed by atoms with Gasteiger partial charge in [0.25, 0.3) is 0 Å². The Morgan fingerprint density at radius 2 is 0.800 bits per heavy atom. The van der Waals surface area contributed by atoms with Gasteiger partial charge in [-0.05, 0) is 6.04 Å². The second-order valence-electron chi connectivity index (χ2n) is 6.35. The number of unbranched alkanes of at least 4 members (excludes halogenated alkanes) is 15. The molecule has 0 atom stereocenters. The van der Waals surface area contributed by atoms with Crippen LogP contribution in [0.2, 0.25) is 6.04 Å². The molecule has 0 radical (unpaired) electrons. The van der Waals surface area contributed by atoms with E-state index in [0.29, 0.717) is 0 Å². The molecule has 0 saturated heterocycles. The van der Waals surface area contributed by atoms with Gasteiger partial charge in [-0.3, -0.25) is 0 Å². The highest BCUT2D eigenvalue weighted by molar-refractivity contribution is 6.25. The molecule has 0 amide bonds. The van der Waals surface area contributed by atoms with E-state index < -0.39 is 9.85 Å². The molecular formula is C18H39FSi. The molecule has 0 aliphatic heterocycles. The van der Waals surface area contributed by atoms with Gasteiger partial charge in [-0.1, -0.05) is 110 Å². The van der Waals surface area contributed by atoms with Crippen LogP contribution in [0, 0.1) is 0 Å². The summed E-state index contributed by atoms with van der Waals surface area (Å²) >= 11 is 0. The quantitative estimate of drug-likeness (QED) is 0.159. The van der Waals surface area contributed by atoms with Crippen molar-refractivity contribution in [3.63, 3.8) is 0 Å². The summed E-state index contributed by atoms with van der Waals surface area (Å²) in [5.41, 5.74) is 0. The molecule has 0 saturated carbocycles. The van der Waals surface area contributed by atoms with Crippen LogP contribution in [0.5, 0.6) is 0 Å². The van der Waals surface area contributed by atoms with Crippen LogP contribution in [0.15, 0.2) is 0 Å². The van der Waals surface area contributed by atoms with E-state index in [4.69, 9.17) is 0 Å². The third-order valence-corrected chi connectivity index (χ3v) is 5.00. The Morgan fingerprint density at radius 1 is 0.500 bits per heavy atom. The topological polar surface area (TPSA) is 0 Å². The summed E-state index contributed by atoms with van der Waals surface area (Å²) in [6.45, 7) is 2.28. The third kappa shape index (κ3) is 18.1. The fraction of sp³-hybridized carbons (Fsp3) is 1.00. The summed E-state index contributed by atoms with van der Waals surface area (Å²) in [5.74, 6) is 0. The number of halogens is 1. The zero-order chi connectivity index (χ0) is 14.7. The van der Waals surface area contributed by atoms with Crippen molar-refractivity contribution in [2.45, 2.75) is 116 Å². The van der Waals surface area contributed by atoms with Gasteiger partial charge in [-0.15, -0.1) is 0 Å². The molecule has 0 aliphatic rings. The minimum atomic E-state index is -1.15. The fourth-order valence-corrected chi connectivity index (χ4v) is 3.36. The molecule has 0 aromatic heterocycles. The monoisotopic (exact) mass is 302 g/mol. The highest BCUT2D eigenvalue weighted by Crippen LogP contribution is 2.13. The first-order chi connectivity index (χ1) is 9.91. The molecule has 0 heterocycles. The fourth-order valence-electron chi connectivity index (χ4n) is 2.82. The Labute approximate surface area is 130 Å². The largest absolute Gasteiger partial charge is 0.323 e. The van der Waals surface area contributed by atoms with Crippen molar-refractivity contribution in [3.8, 4) is 0 Å². The molecule has 0 unspecified atom stereocenters. The Hall–Kier alpha value is 0.147. The van der Waals surface area contributed by atoms with Crippen molar-refractivity contribution in [2.24, 2.45) is 0 Å². The predicted molar refractivity (Wildman–Crippen MR) is 94.0 cm³/mol. The molecule has 122 valence electrons. The first kappa shape index (κ1) is 20.1. The maximum atomic E-state index is 12.0. The van der Waals surface area contributed by atoms with Crippen LogP contribution in [0.4, 0.5) is 4.11 Å². The van der Waals surface area contributed by atoms with Crippen LogP contribution in [0.1, 0.15) is 110 Å². The van der Waals surface area contributed by atoms with E-state index in [1.807, 2.05) is 0 Å². The zero-order valence-electron chi connectivity index (χ0n) is 14.1. The Kier molecular flexibility index (Phi) is 19.3. The summed E-state index contributed by atoms with van der Waals surface area (Å²) < 4.78 is 12.0. The van der Waals surface area contributed by atoms with Gasteiger partial charge in [0, 0.05) is 0 Å². The lowest BCUT2D eigenvalue weighted by Gasteiger charge is -2.03. The zero-order valence-corrected chi connectivity index (χ0v) is 15.5. The molecule has 0 aliphatic carbocycles. The molecule has 0 fully saturated rings. The lowest BCUT2D eigenvalue weighted by Crippen LogP contribution is -1.84. The van der Waals surface area contributed by atoms with Crippen LogP contribution in [-0.4, -0.2) is 9.85 Å². The van der Waals surface area contributed by atoms with Crippen LogP contribution in [0.25, 0.3) is 0 Å². The lowest BCUT2D eigenvalue weighted by molar-refractivity contribution is 0.531. The van der Waals surface area contributed by atoms with E-state index >= 15 is 0 Å². The summed E-state index contributed by atoms with van der Waals surface area (Å²) in [6.07, 6.45) is 22.4. The molecular weight excluding hydrogens is 263 g/mol. The van der Waals surface area contributed by atoms with Crippen molar-refractivity contribution in [1.29, 1.82) is 0 Å². The first-order valence-electron chi connectivity index (χ1n) is 9.47. The van der Waals surface area contributed by atoms with Gasteiger partial charge in [0.2, 0.25) is 9.85 Å². The molecule has 20 heavy (non-hydrogen) atoms. The number of rotatable bonds is 17. The third-order valence-electron chi connectivity index (χ3n) is 4.24. The summed E-state index contributed by atoms with van der Waals surface area (Å²) in [6, 6.07) is 0.915. The Morgan fingerprint density at radius 3 is 1.10 bits per heavy atom. The van der Waals surface area contributed by atoms with E-state index in [9.17, 15) is 4.11 Å². The van der Waals surface area contributed by atoms with Crippen LogP contribution >= 0.6 is 0 Å². The standard InChI is InChI=1S/C18H39FSi/c1-2-3-4-5-6-7-8-9-10-11-12-13-14-15-16-17-18-20-19/h2-18,20H2,1H3. The molecule has 2 heteroatoms. The van der Waals surface area contributed by atoms with E-state index in [1.54, 1.807) is 0 Å². The summed E-state index contributed by atoms with van der Waals surface area (Å²) in [4.78, 5) is 0. The predicted octanol–water partition coefficient (Wildman–Crippen LogP) is 6.72. The SMILES string of the molecule is CCCCCCCCCCCCCCCCCC[SiH2]F. The normalized spacial score (nSPS) is 11.7. The first-order valence-corrected chi connectivity index (χ1v) is 11.0.